The van der Waals surface area contributed by atoms with Crippen LogP contribution >= 0.6 is 11.6 Å². The number of aliphatic hydroxyl groups excluding tert-OH is 1. The third kappa shape index (κ3) is 7.17. The van der Waals surface area contributed by atoms with Crippen LogP contribution in [0.5, 0.6) is 0 Å². The van der Waals surface area contributed by atoms with Crippen molar-refractivity contribution < 1.29 is 31.1 Å². The zero-order chi connectivity index (χ0) is 30.5. The monoisotopic (exact) mass is 636 g/mol. The number of para-hydroxylation sites is 1. The summed E-state index contributed by atoms with van der Waals surface area (Å²) >= 11 is 5.82. The largest absolute Gasteiger partial charge is 0.395 e. The molecule has 224 valence electrons. The Morgan fingerprint density at radius 3 is 2.19 bits per heavy atom. The number of nitrogens with one attached hydrogen (secondary N) is 2. The number of carbonyl (C=O) groups is 1. The number of piperazine rings is 1. The van der Waals surface area contributed by atoms with Crippen molar-refractivity contribution >= 4 is 48.7 Å². The summed E-state index contributed by atoms with van der Waals surface area (Å²) in [5.74, 6) is -1.78. The molecule has 0 aromatic heterocycles. The molecule has 1 amide bonds. The predicted molar refractivity (Wildman–Crippen MR) is 159 cm³/mol. The van der Waals surface area contributed by atoms with Gasteiger partial charge in [0.1, 0.15) is 11.2 Å². The van der Waals surface area contributed by atoms with E-state index in [1.165, 1.54) is 66.7 Å². The van der Waals surface area contributed by atoms with Crippen LogP contribution in [0, 0.1) is 5.82 Å². The molecule has 0 radical (unpaired) electrons. The highest BCUT2D eigenvalue weighted by Crippen LogP contribution is 2.27. The van der Waals surface area contributed by atoms with E-state index in [0.29, 0.717) is 37.7 Å². The summed E-state index contributed by atoms with van der Waals surface area (Å²) in [7, 11) is -8.10. The Morgan fingerprint density at radius 2 is 1.60 bits per heavy atom. The second kappa shape index (κ2) is 13.3. The fourth-order valence-corrected chi connectivity index (χ4v) is 7.41. The van der Waals surface area contributed by atoms with Crippen molar-refractivity contribution in [2.75, 3.05) is 49.4 Å². The van der Waals surface area contributed by atoms with E-state index in [0.717, 1.165) is 6.07 Å². The second-order valence-electron chi connectivity index (χ2n) is 9.47. The number of hydrogen-bond acceptors (Lipinski definition) is 8. The Labute approximate surface area is 249 Å². The van der Waals surface area contributed by atoms with Gasteiger partial charge in [0.25, 0.3) is 15.9 Å². The van der Waals surface area contributed by atoms with Gasteiger partial charge in [0.15, 0.2) is 9.84 Å². The molecule has 0 spiro atoms. The van der Waals surface area contributed by atoms with E-state index in [2.05, 4.69) is 16.6 Å². The lowest BCUT2D eigenvalue weighted by molar-refractivity contribution is 0.102. The van der Waals surface area contributed by atoms with Crippen LogP contribution in [0.2, 0.25) is 5.02 Å². The molecule has 1 saturated heterocycles. The average molecular weight is 637 g/mol. The van der Waals surface area contributed by atoms with Gasteiger partial charge in [-0.25, -0.2) is 21.2 Å². The van der Waals surface area contributed by atoms with Gasteiger partial charge in [0.2, 0.25) is 0 Å². The number of sulfonamides is 1. The van der Waals surface area contributed by atoms with Crippen LogP contribution in [0.25, 0.3) is 0 Å². The Kier molecular flexibility index (Phi) is 10.0. The number of nitrogens with zero attached hydrogens (tertiary/aromatic N) is 2. The van der Waals surface area contributed by atoms with Crippen LogP contribution in [-0.4, -0.2) is 82.4 Å². The van der Waals surface area contributed by atoms with E-state index in [1.54, 1.807) is 0 Å². The number of benzene rings is 3. The first-order chi connectivity index (χ1) is 20.0. The number of halogens is 2. The van der Waals surface area contributed by atoms with E-state index < -0.39 is 42.6 Å². The lowest BCUT2D eigenvalue weighted by Crippen LogP contribution is -2.52. The molecular formula is C28H30ClFN4O6S2. The molecule has 1 unspecified atom stereocenters. The summed E-state index contributed by atoms with van der Waals surface area (Å²) in [5.41, 5.74) is -0.615. The summed E-state index contributed by atoms with van der Waals surface area (Å²) in [6, 6.07) is 14.2. The molecule has 3 N–H and O–H groups in total. The van der Waals surface area contributed by atoms with Gasteiger partial charge in [-0.2, -0.15) is 0 Å². The maximum atomic E-state index is 14.7. The standard InChI is InChI=1S/C28H30ClFN4O6S2/c1-2-26(34-16-14-33(15-17-34)18-19-35)41(37,38)22-12-8-21(9-13-22)31-28(36)24-4-3-5-25(30)27(24)32-42(39,40)23-10-6-20(29)7-11-23/h2-13,26,32,35H,1,14-19H2,(H,31,36). The molecule has 4 rings (SSSR count). The minimum atomic E-state index is -4.25. The predicted octanol–water partition coefficient (Wildman–Crippen LogP) is 3.43. The number of β-amino-alcohol motifs (C(OH)–C–C–N with tert-alkyl or cyclic N) is 1. The van der Waals surface area contributed by atoms with Crippen molar-refractivity contribution in [1.29, 1.82) is 0 Å². The van der Waals surface area contributed by atoms with E-state index in [-0.39, 0.29) is 27.6 Å². The number of anilines is 2. The Morgan fingerprint density at radius 1 is 0.976 bits per heavy atom. The number of rotatable bonds is 11. The van der Waals surface area contributed by atoms with Crippen molar-refractivity contribution in [2.24, 2.45) is 0 Å². The second-order valence-corrected chi connectivity index (χ2v) is 13.6. The van der Waals surface area contributed by atoms with Crippen molar-refractivity contribution in [3.05, 3.63) is 95.8 Å². The Bertz CT molecular complexity index is 1640. The highest BCUT2D eigenvalue weighted by molar-refractivity contribution is 7.92. The van der Waals surface area contributed by atoms with Gasteiger partial charge in [0, 0.05) is 43.4 Å². The van der Waals surface area contributed by atoms with Gasteiger partial charge in [0.05, 0.1) is 27.6 Å². The molecule has 0 aliphatic carbocycles. The average Bonchev–Trinajstić information content (AvgIpc) is 2.96. The van der Waals surface area contributed by atoms with E-state index in [9.17, 15) is 26.0 Å². The van der Waals surface area contributed by atoms with E-state index in [4.69, 9.17) is 16.7 Å². The lowest BCUT2D eigenvalue weighted by Gasteiger charge is -2.37. The molecule has 3 aromatic carbocycles. The van der Waals surface area contributed by atoms with E-state index in [1.807, 2.05) is 9.80 Å². The minimum absolute atomic E-state index is 0.0188. The molecule has 1 aliphatic rings. The van der Waals surface area contributed by atoms with Crippen LogP contribution in [0.1, 0.15) is 10.4 Å². The van der Waals surface area contributed by atoms with Crippen molar-refractivity contribution in [3.8, 4) is 0 Å². The van der Waals surface area contributed by atoms with E-state index >= 15 is 0 Å². The number of aliphatic hydroxyl groups is 1. The quantitative estimate of drug-likeness (QED) is 0.273. The van der Waals surface area contributed by atoms with Crippen LogP contribution in [0.15, 0.2) is 89.2 Å². The van der Waals surface area contributed by atoms with Gasteiger partial charge >= 0.3 is 0 Å². The summed E-state index contributed by atoms with van der Waals surface area (Å²) in [5, 5.41) is 11.0. The van der Waals surface area contributed by atoms with Crippen LogP contribution < -0.4 is 10.0 Å². The maximum Gasteiger partial charge on any atom is 0.262 e. The summed E-state index contributed by atoms with van der Waals surface area (Å²) < 4.78 is 69.4. The van der Waals surface area contributed by atoms with Gasteiger partial charge in [-0.05, 0) is 60.7 Å². The van der Waals surface area contributed by atoms with Crippen molar-refractivity contribution in [1.82, 2.24) is 9.80 Å². The number of carbonyl (C=O) groups excluding carboxylic acids is 1. The van der Waals surface area contributed by atoms with Gasteiger partial charge in [-0.3, -0.25) is 19.3 Å². The fourth-order valence-electron chi connectivity index (χ4n) is 4.54. The van der Waals surface area contributed by atoms with Gasteiger partial charge in [-0.15, -0.1) is 6.58 Å². The molecule has 1 heterocycles. The fraction of sp³-hybridized carbons (Fsp3) is 0.250. The van der Waals surface area contributed by atoms with Crippen LogP contribution in [0.3, 0.4) is 0 Å². The Balaban J connectivity index is 1.50. The minimum Gasteiger partial charge on any atom is -0.395 e. The highest BCUT2D eigenvalue weighted by atomic mass is 35.5. The highest BCUT2D eigenvalue weighted by Gasteiger charge is 2.32. The number of hydrogen-bond donors (Lipinski definition) is 3. The van der Waals surface area contributed by atoms with Crippen LogP contribution in [0.4, 0.5) is 15.8 Å². The third-order valence-corrected chi connectivity index (χ3v) is 10.4. The molecule has 1 atom stereocenters. The summed E-state index contributed by atoms with van der Waals surface area (Å²) in [6.45, 7) is 6.48. The third-order valence-electron chi connectivity index (χ3n) is 6.76. The first kappa shape index (κ1) is 31.6. The molecule has 1 fully saturated rings. The molecule has 1 aliphatic heterocycles. The smallest absolute Gasteiger partial charge is 0.262 e. The molecule has 10 nitrogen and oxygen atoms in total. The number of sulfone groups is 1. The zero-order valence-corrected chi connectivity index (χ0v) is 24.8. The van der Waals surface area contributed by atoms with Gasteiger partial charge in [-0.1, -0.05) is 23.7 Å². The van der Waals surface area contributed by atoms with Gasteiger partial charge < -0.3 is 10.4 Å². The normalized spacial score (nSPS) is 15.6. The summed E-state index contributed by atoms with van der Waals surface area (Å²) in [6.07, 6.45) is 1.38. The molecule has 3 aromatic rings. The molecule has 14 heteroatoms. The molecule has 42 heavy (non-hydrogen) atoms. The SMILES string of the molecule is C=CC(N1CCN(CCO)CC1)S(=O)(=O)c1ccc(NC(=O)c2cccc(F)c2NS(=O)(=O)c2ccc(Cl)cc2)cc1. The van der Waals surface area contributed by atoms with Crippen molar-refractivity contribution in [2.45, 2.75) is 15.2 Å². The number of amides is 1. The maximum absolute atomic E-state index is 14.7. The Hall–Kier alpha value is -3.33. The molecule has 0 bridgehead atoms. The molecular weight excluding hydrogens is 607 g/mol. The lowest BCUT2D eigenvalue weighted by atomic mass is 10.1. The first-order valence-corrected chi connectivity index (χ1v) is 16.3. The van der Waals surface area contributed by atoms with Crippen LogP contribution in [-0.2, 0) is 19.9 Å². The van der Waals surface area contributed by atoms with Crippen molar-refractivity contribution in [3.63, 3.8) is 0 Å². The first-order valence-electron chi connectivity index (χ1n) is 12.9. The zero-order valence-electron chi connectivity index (χ0n) is 22.4. The topological polar surface area (TPSA) is 136 Å². The summed E-state index contributed by atoms with van der Waals surface area (Å²) in [4.78, 5) is 16.8. The molecule has 0 saturated carbocycles.